The second kappa shape index (κ2) is 6.92. The molecule has 8 heteroatoms. The van der Waals surface area contributed by atoms with Gasteiger partial charge in [0.25, 0.3) is 5.56 Å². The zero-order valence-electron chi connectivity index (χ0n) is 14.3. The van der Waals surface area contributed by atoms with E-state index in [0.717, 1.165) is 0 Å². The van der Waals surface area contributed by atoms with Crippen LogP contribution in [0.5, 0.6) is 17.2 Å². The molecule has 1 aliphatic heterocycles. The van der Waals surface area contributed by atoms with E-state index in [2.05, 4.69) is 10.2 Å². The maximum atomic E-state index is 12.2. The molecule has 134 valence electrons. The molecule has 2 N–H and O–H groups in total. The Morgan fingerprint density at radius 1 is 1.24 bits per heavy atom. The van der Waals surface area contributed by atoms with Gasteiger partial charge in [-0.2, -0.15) is 0 Å². The Labute approximate surface area is 144 Å². The second-order valence-corrected chi connectivity index (χ2v) is 5.70. The molecular formula is C17H20N2O6. The quantitative estimate of drug-likeness (QED) is 0.794. The highest BCUT2D eigenvalue weighted by Crippen LogP contribution is 2.43. The van der Waals surface area contributed by atoms with E-state index in [1.165, 1.54) is 14.2 Å². The van der Waals surface area contributed by atoms with Gasteiger partial charge >= 0.3 is 5.97 Å². The van der Waals surface area contributed by atoms with Gasteiger partial charge in [0.2, 0.25) is 5.75 Å². The summed E-state index contributed by atoms with van der Waals surface area (Å²) in [5.74, 6) is 0.617. The van der Waals surface area contributed by atoms with Crippen LogP contribution in [0.2, 0.25) is 0 Å². The summed E-state index contributed by atoms with van der Waals surface area (Å²) in [6.07, 6.45) is 0.0150. The minimum absolute atomic E-state index is 0.0150. The third-order valence-corrected chi connectivity index (χ3v) is 4.21. The van der Waals surface area contributed by atoms with Crippen LogP contribution >= 0.6 is 0 Å². The molecule has 1 atom stereocenters. The van der Waals surface area contributed by atoms with Crippen LogP contribution < -0.4 is 19.8 Å². The maximum Gasteiger partial charge on any atom is 0.306 e. The molecule has 0 spiro atoms. The van der Waals surface area contributed by atoms with Gasteiger partial charge in [-0.15, -0.1) is 0 Å². The lowest BCUT2D eigenvalue weighted by atomic mass is 9.88. The van der Waals surface area contributed by atoms with Gasteiger partial charge in [0.05, 0.1) is 20.6 Å². The van der Waals surface area contributed by atoms with Crippen molar-refractivity contribution < 1.29 is 23.7 Å². The minimum Gasteiger partial charge on any atom is -0.493 e. The van der Waals surface area contributed by atoms with Crippen molar-refractivity contribution in [2.75, 3.05) is 27.4 Å². The summed E-state index contributed by atoms with van der Waals surface area (Å²) < 4.78 is 21.5. The van der Waals surface area contributed by atoms with E-state index in [0.29, 0.717) is 47.3 Å². The number of H-pyrrole nitrogens is 2. The molecule has 0 bridgehead atoms. The molecule has 1 aliphatic rings. The highest BCUT2D eigenvalue weighted by Gasteiger charge is 2.28. The van der Waals surface area contributed by atoms with Crippen LogP contribution in [-0.2, 0) is 9.53 Å². The lowest BCUT2D eigenvalue weighted by molar-refractivity contribution is -0.140. The molecule has 25 heavy (non-hydrogen) atoms. The first kappa shape index (κ1) is 16.9. The SMILES string of the molecule is COC(=O)CC(c1cc(OC)c2c(c1)OCCO2)c1c(C)[nH][nH]c1=O. The molecule has 3 rings (SSSR count). The molecule has 1 aromatic heterocycles. The summed E-state index contributed by atoms with van der Waals surface area (Å²) in [4.78, 5) is 24.2. The number of rotatable bonds is 5. The summed E-state index contributed by atoms with van der Waals surface area (Å²) in [5.41, 5.74) is 1.57. The number of carbonyl (C=O) groups excluding carboxylic acids is 1. The third-order valence-electron chi connectivity index (χ3n) is 4.21. The van der Waals surface area contributed by atoms with Gasteiger partial charge in [-0.25, -0.2) is 0 Å². The fraction of sp³-hybridized carbons (Fsp3) is 0.412. The van der Waals surface area contributed by atoms with Crippen LogP contribution in [0.25, 0.3) is 0 Å². The fourth-order valence-electron chi connectivity index (χ4n) is 3.01. The molecule has 0 amide bonds. The number of methoxy groups -OCH3 is 2. The summed E-state index contributed by atoms with van der Waals surface area (Å²) in [5, 5.41) is 5.34. The third kappa shape index (κ3) is 3.19. The molecule has 2 aromatic rings. The van der Waals surface area contributed by atoms with E-state index < -0.39 is 11.9 Å². The number of hydrogen-bond donors (Lipinski definition) is 2. The highest BCUT2D eigenvalue weighted by molar-refractivity contribution is 5.72. The maximum absolute atomic E-state index is 12.2. The molecule has 0 aliphatic carbocycles. The lowest BCUT2D eigenvalue weighted by Crippen LogP contribution is -2.19. The van der Waals surface area contributed by atoms with E-state index in [4.69, 9.17) is 18.9 Å². The molecular weight excluding hydrogens is 328 g/mol. The van der Waals surface area contributed by atoms with Crippen LogP contribution in [0.4, 0.5) is 0 Å². The molecule has 8 nitrogen and oxygen atoms in total. The smallest absolute Gasteiger partial charge is 0.306 e. The number of aryl methyl sites for hydroxylation is 1. The van der Waals surface area contributed by atoms with Gasteiger partial charge in [0.1, 0.15) is 13.2 Å². The van der Waals surface area contributed by atoms with Crippen molar-refractivity contribution in [3.05, 3.63) is 39.3 Å². The average molecular weight is 348 g/mol. The van der Waals surface area contributed by atoms with Crippen molar-refractivity contribution in [3.8, 4) is 17.2 Å². The number of nitrogens with one attached hydrogen (secondary N) is 2. The Kier molecular flexibility index (Phi) is 4.69. The van der Waals surface area contributed by atoms with E-state index in [-0.39, 0.29) is 12.0 Å². The van der Waals surface area contributed by atoms with E-state index in [1.54, 1.807) is 19.1 Å². The van der Waals surface area contributed by atoms with Crippen molar-refractivity contribution in [1.29, 1.82) is 0 Å². The van der Waals surface area contributed by atoms with Gasteiger partial charge in [0.15, 0.2) is 11.5 Å². The Morgan fingerprint density at radius 3 is 2.64 bits per heavy atom. The largest absolute Gasteiger partial charge is 0.493 e. The zero-order valence-corrected chi connectivity index (χ0v) is 14.3. The first-order valence-electron chi connectivity index (χ1n) is 7.86. The van der Waals surface area contributed by atoms with Gasteiger partial charge in [0, 0.05) is 17.2 Å². The molecule has 1 unspecified atom stereocenters. The fourth-order valence-corrected chi connectivity index (χ4v) is 3.01. The molecule has 2 heterocycles. The van der Waals surface area contributed by atoms with Gasteiger partial charge in [-0.3, -0.25) is 14.7 Å². The number of esters is 1. The number of aromatic nitrogens is 2. The van der Waals surface area contributed by atoms with E-state index in [1.807, 2.05) is 0 Å². The molecule has 0 radical (unpaired) electrons. The zero-order chi connectivity index (χ0) is 18.0. The normalized spacial score (nSPS) is 14.0. The molecule has 0 saturated carbocycles. The molecule has 0 fully saturated rings. The predicted octanol–water partition coefficient (Wildman–Crippen LogP) is 1.49. The lowest BCUT2D eigenvalue weighted by Gasteiger charge is -2.23. The number of hydrogen-bond acceptors (Lipinski definition) is 6. The second-order valence-electron chi connectivity index (χ2n) is 5.70. The summed E-state index contributed by atoms with van der Waals surface area (Å²) in [7, 11) is 2.85. The Balaban J connectivity index is 2.13. The monoisotopic (exact) mass is 348 g/mol. The Hall–Kier alpha value is -2.90. The molecule has 1 aromatic carbocycles. The van der Waals surface area contributed by atoms with Gasteiger partial charge in [-0.1, -0.05) is 0 Å². The molecule has 0 saturated heterocycles. The topological polar surface area (TPSA) is 103 Å². The van der Waals surface area contributed by atoms with Crippen molar-refractivity contribution in [3.63, 3.8) is 0 Å². The first-order valence-corrected chi connectivity index (χ1v) is 7.86. The number of fused-ring (bicyclic) bond motifs is 1. The number of aromatic amines is 2. The number of carbonyl (C=O) groups is 1. The number of ether oxygens (including phenoxy) is 4. The first-order chi connectivity index (χ1) is 12.0. The van der Waals surface area contributed by atoms with Crippen LogP contribution in [0.3, 0.4) is 0 Å². The van der Waals surface area contributed by atoms with Crippen molar-refractivity contribution in [2.45, 2.75) is 19.3 Å². The summed E-state index contributed by atoms with van der Waals surface area (Å²) >= 11 is 0. The standard InChI is InChI=1S/C17H20N2O6/c1-9-15(17(21)19-18-9)11(8-14(20)23-3)10-6-12(22-2)16-13(7-10)24-4-5-25-16/h6-7,11H,4-5,8H2,1-3H3,(H2,18,19,21). The van der Waals surface area contributed by atoms with E-state index in [9.17, 15) is 9.59 Å². The van der Waals surface area contributed by atoms with E-state index >= 15 is 0 Å². The van der Waals surface area contributed by atoms with Crippen LogP contribution in [0.1, 0.15) is 29.2 Å². The Bertz CT molecular complexity index is 821. The van der Waals surface area contributed by atoms with Crippen LogP contribution in [-0.4, -0.2) is 43.6 Å². The average Bonchev–Trinajstić information content (AvgIpc) is 2.96. The summed E-state index contributed by atoms with van der Waals surface area (Å²) in [6, 6.07) is 3.53. The number of benzene rings is 1. The predicted molar refractivity (Wildman–Crippen MR) is 88.6 cm³/mol. The Morgan fingerprint density at radius 2 is 2.00 bits per heavy atom. The van der Waals surface area contributed by atoms with Gasteiger partial charge < -0.3 is 24.0 Å². The van der Waals surface area contributed by atoms with Crippen molar-refractivity contribution in [1.82, 2.24) is 10.2 Å². The van der Waals surface area contributed by atoms with Crippen LogP contribution in [0, 0.1) is 6.92 Å². The van der Waals surface area contributed by atoms with Gasteiger partial charge in [-0.05, 0) is 24.6 Å². The highest BCUT2D eigenvalue weighted by atomic mass is 16.6. The minimum atomic E-state index is -0.507. The van der Waals surface area contributed by atoms with Crippen molar-refractivity contribution >= 4 is 5.97 Å². The van der Waals surface area contributed by atoms with Crippen molar-refractivity contribution in [2.24, 2.45) is 0 Å². The van der Waals surface area contributed by atoms with Crippen LogP contribution in [0.15, 0.2) is 16.9 Å². The summed E-state index contributed by atoms with van der Waals surface area (Å²) in [6.45, 7) is 2.63.